The van der Waals surface area contributed by atoms with Crippen molar-refractivity contribution in [3.05, 3.63) is 38.9 Å². The highest BCUT2D eigenvalue weighted by Crippen LogP contribution is 2.32. The highest BCUT2D eigenvalue weighted by molar-refractivity contribution is 8.00. The van der Waals surface area contributed by atoms with Crippen LogP contribution in [-0.2, 0) is 0 Å². The number of halogens is 1. The summed E-state index contributed by atoms with van der Waals surface area (Å²) in [7, 11) is 0. The van der Waals surface area contributed by atoms with Crippen LogP contribution in [0.3, 0.4) is 0 Å². The van der Waals surface area contributed by atoms with Crippen molar-refractivity contribution < 1.29 is 9.72 Å². The molecule has 2 rings (SSSR count). The summed E-state index contributed by atoms with van der Waals surface area (Å²) < 4.78 is 0. The highest BCUT2D eigenvalue weighted by Gasteiger charge is 2.29. The Morgan fingerprint density at radius 1 is 1.53 bits per heavy atom. The number of nitrogens with zero attached hydrogens (tertiary/aromatic N) is 1. The van der Waals surface area contributed by atoms with Gasteiger partial charge in [0.2, 0.25) is 0 Å². The summed E-state index contributed by atoms with van der Waals surface area (Å²) >= 11 is 7.27. The Labute approximate surface area is 107 Å². The van der Waals surface area contributed by atoms with Gasteiger partial charge in [0.05, 0.1) is 15.7 Å². The minimum absolute atomic E-state index is 0.144. The maximum Gasteiger partial charge on any atom is 0.281 e. The predicted molar refractivity (Wildman–Crippen MR) is 67.9 cm³/mol. The van der Waals surface area contributed by atoms with Crippen LogP contribution in [0.4, 0.5) is 5.69 Å². The van der Waals surface area contributed by atoms with Gasteiger partial charge >= 0.3 is 0 Å². The molecule has 90 valence electrons. The SMILES string of the molecule is O=C(c1ccc(Cl)cc1[N+](=O)[O-])C1CCCS1. The number of carbonyl (C=O) groups is 1. The third-order valence-corrected chi connectivity index (χ3v) is 4.26. The molecule has 1 fully saturated rings. The van der Waals surface area contributed by atoms with Gasteiger partial charge in [-0.3, -0.25) is 14.9 Å². The van der Waals surface area contributed by atoms with Crippen LogP contribution in [0.15, 0.2) is 18.2 Å². The second-order valence-electron chi connectivity index (χ2n) is 3.78. The largest absolute Gasteiger partial charge is 0.293 e. The van der Waals surface area contributed by atoms with Gasteiger partial charge in [0.15, 0.2) is 5.78 Å². The molecule has 4 nitrogen and oxygen atoms in total. The number of nitro groups is 1. The lowest BCUT2D eigenvalue weighted by Crippen LogP contribution is -2.15. The monoisotopic (exact) mass is 271 g/mol. The van der Waals surface area contributed by atoms with E-state index in [2.05, 4.69) is 0 Å². The average Bonchev–Trinajstić information content (AvgIpc) is 2.81. The van der Waals surface area contributed by atoms with Crippen LogP contribution in [-0.4, -0.2) is 21.7 Å². The molecule has 0 saturated carbocycles. The van der Waals surface area contributed by atoms with E-state index in [0.29, 0.717) is 0 Å². The van der Waals surface area contributed by atoms with Crippen LogP contribution in [0.5, 0.6) is 0 Å². The van der Waals surface area contributed by atoms with Crippen LogP contribution in [0.25, 0.3) is 0 Å². The second-order valence-corrected chi connectivity index (χ2v) is 5.53. The average molecular weight is 272 g/mol. The number of carbonyl (C=O) groups excluding carboxylic acids is 1. The third-order valence-electron chi connectivity index (χ3n) is 2.64. The third kappa shape index (κ3) is 2.61. The molecule has 0 amide bonds. The van der Waals surface area contributed by atoms with E-state index in [4.69, 9.17) is 11.6 Å². The molecular weight excluding hydrogens is 262 g/mol. The van der Waals surface area contributed by atoms with Gasteiger partial charge in [-0.25, -0.2) is 0 Å². The van der Waals surface area contributed by atoms with E-state index in [-0.39, 0.29) is 27.3 Å². The number of ketones is 1. The molecule has 0 radical (unpaired) electrons. The van der Waals surface area contributed by atoms with Crippen molar-refractivity contribution in [1.82, 2.24) is 0 Å². The minimum atomic E-state index is -0.557. The molecule has 1 aliphatic heterocycles. The fourth-order valence-electron chi connectivity index (χ4n) is 1.82. The van der Waals surface area contributed by atoms with Crippen LogP contribution < -0.4 is 0 Å². The molecule has 1 saturated heterocycles. The summed E-state index contributed by atoms with van der Waals surface area (Å²) in [6.45, 7) is 0. The maximum absolute atomic E-state index is 12.1. The van der Waals surface area contributed by atoms with Crippen LogP contribution in [0.2, 0.25) is 5.02 Å². The number of thioether (sulfide) groups is 1. The van der Waals surface area contributed by atoms with Gasteiger partial charge in [-0.2, -0.15) is 11.8 Å². The van der Waals surface area contributed by atoms with E-state index in [1.165, 1.54) is 18.2 Å². The van der Waals surface area contributed by atoms with Crippen LogP contribution in [0.1, 0.15) is 23.2 Å². The molecule has 1 aromatic rings. The Morgan fingerprint density at radius 2 is 2.29 bits per heavy atom. The molecule has 0 spiro atoms. The van der Waals surface area contributed by atoms with E-state index in [1.807, 2.05) is 0 Å². The summed E-state index contributed by atoms with van der Waals surface area (Å²) in [5.41, 5.74) is -0.0335. The summed E-state index contributed by atoms with van der Waals surface area (Å²) in [5, 5.41) is 11.0. The van der Waals surface area contributed by atoms with Gasteiger partial charge in [-0.05, 0) is 30.7 Å². The number of benzene rings is 1. The Hall–Kier alpha value is -1.07. The van der Waals surface area contributed by atoms with E-state index in [0.717, 1.165) is 18.6 Å². The fourth-order valence-corrected chi connectivity index (χ4v) is 3.22. The van der Waals surface area contributed by atoms with E-state index in [9.17, 15) is 14.9 Å². The van der Waals surface area contributed by atoms with Crippen molar-refractivity contribution in [3.63, 3.8) is 0 Å². The standard InChI is InChI=1S/C11H10ClNO3S/c12-7-3-4-8(9(6-7)13(15)16)11(14)10-2-1-5-17-10/h3-4,6,10H,1-2,5H2. The van der Waals surface area contributed by atoms with Gasteiger partial charge < -0.3 is 0 Å². The summed E-state index contributed by atoms with van der Waals surface area (Å²) in [6.07, 6.45) is 1.78. The first-order valence-corrected chi connectivity index (χ1v) is 6.62. The first-order chi connectivity index (χ1) is 8.09. The fraction of sp³-hybridized carbons (Fsp3) is 0.364. The number of nitro benzene ring substituents is 1. The van der Waals surface area contributed by atoms with E-state index in [1.54, 1.807) is 11.8 Å². The van der Waals surface area contributed by atoms with Gasteiger partial charge in [0.25, 0.3) is 5.69 Å². The van der Waals surface area contributed by atoms with Gasteiger partial charge in [-0.15, -0.1) is 0 Å². The van der Waals surface area contributed by atoms with Crippen molar-refractivity contribution in [2.24, 2.45) is 0 Å². The number of hydrogen-bond donors (Lipinski definition) is 0. The smallest absolute Gasteiger partial charge is 0.281 e. The van der Waals surface area contributed by atoms with E-state index < -0.39 is 4.92 Å². The first-order valence-electron chi connectivity index (χ1n) is 5.19. The zero-order valence-electron chi connectivity index (χ0n) is 8.89. The molecule has 1 atom stereocenters. The van der Waals surface area contributed by atoms with Crippen molar-refractivity contribution >= 4 is 34.8 Å². The van der Waals surface area contributed by atoms with Crippen LogP contribution in [0, 0.1) is 10.1 Å². The second kappa shape index (κ2) is 5.06. The van der Waals surface area contributed by atoms with Crippen molar-refractivity contribution in [1.29, 1.82) is 0 Å². The Morgan fingerprint density at radius 3 is 2.88 bits per heavy atom. The van der Waals surface area contributed by atoms with Crippen molar-refractivity contribution in [2.75, 3.05) is 5.75 Å². The lowest BCUT2D eigenvalue weighted by molar-refractivity contribution is -0.385. The van der Waals surface area contributed by atoms with E-state index >= 15 is 0 Å². The Balaban J connectivity index is 2.36. The van der Waals surface area contributed by atoms with Gasteiger partial charge in [-0.1, -0.05) is 11.6 Å². The molecule has 6 heteroatoms. The first kappa shape index (κ1) is 12.4. The zero-order chi connectivity index (χ0) is 12.4. The molecule has 0 aromatic heterocycles. The minimum Gasteiger partial charge on any atom is -0.293 e. The molecule has 1 aliphatic rings. The molecule has 1 heterocycles. The Bertz CT molecular complexity index is 472. The highest BCUT2D eigenvalue weighted by atomic mass is 35.5. The molecule has 1 aromatic carbocycles. The molecule has 17 heavy (non-hydrogen) atoms. The lowest BCUT2D eigenvalue weighted by atomic mass is 10.0. The van der Waals surface area contributed by atoms with Gasteiger partial charge in [0, 0.05) is 11.1 Å². The number of hydrogen-bond acceptors (Lipinski definition) is 4. The molecule has 1 unspecified atom stereocenters. The predicted octanol–water partition coefficient (Wildman–Crippen LogP) is 3.33. The topological polar surface area (TPSA) is 60.2 Å². The normalized spacial score (nSPS) is 19.2. The van der Waals surface area contributed by atoms with Crippen molar-refractivity contribution in [3.8, 4) is 0 Å². The van der Waals surface area contributed by atoms with Gasteiger partial charge in [0.1, 0.15) is 0 Å². The molecular formula is C11H10ClNO3S. The number of Topliss-reactive ketones (excluding diaryl/α,β-unsaturated/α-hetero) is 1. The van der Waals surface area contributed by atoms with Crippen molar-refractivity contribution in [2.45, 2.75) is 18.1 Å². The Kier molecular flexibility index (Phi) is 3.69. The molecule has 0 aliphatic carbocycles. The molecule has 0 N–H and O–H groups in total. The summed E-state index contributed by atoms with van der Waals surface area (Å²) in [4.78, 5) is 22.4. The quantitative estimate of drug-likeness (QED) is 0.481. The van der Waals surface area contributed by atoms with Crippen LogP contribution >= 0.6 is 23.4 Å². The summed E-state index contributed by atoms with van der Waals surface area (Å²) in [6, 6.07) is 4.19. The lowest BCUT2D eigenvalue weighted by Gasteiger charge is -2.07. The summed E-state index contributed by atoms with van der Waals surface area (Å²) in [5.74, 6) is 0.786. The number of rotatable bonds is 3. The molecule has 0 bridgehead atoms. The zero-order valence-corrected chi connectivity index (χ0v) is 10.5. The maximum atomic E-state index is 12.1.